The van der Waals surface area contributed by atoms with Gasteiger partial charge in [0.05, 0.1) is 37.5 Å². The highest BCUT2D eigenvalue weighted by Crippen LogP contribution is 2.34. The van der Waals surface area contributed by atoms with Crippen LogP contribution in [0.3, 0.4) is 0 Å². The lowest BCUT2D eigenvalue weighted by atomic mass is 10.1. The molecule has 9 rings (SSSR count). The van der Waals surface area contributed by atoms with E-state index >= 15 is 0 Å². The Labute approximate surface area is 331 Å². The lowest BCUT2D eigenvalue weighted by molar-refractivity contribution is 0.0696. The Hall–Kier alpha value is -6.16. The minimum Gasteiger partial charge on any atom is -0.478 e. The molecule has 4 aromatic carbocycles. The Morgan fingerprint density at radius 2 is 1.18 bits per heavy atom. The Bertz CT molecular complexity index is 2810. The number of unbranched alkanes of at least 4 members (excludes halogenated alkanes) is 1. The van der Waals surface area contributed by atoms with Crippen LogP contribution in [0.4, 0.5) is 8.78 Å². The van der Waals surface area contributed by atoms with Gasteiger partial charge >= 0.3 is 5.97 Å². The van der Waals surface area contributed by atoms with E-state index in [-0.39, 0.29) is 34.2 Å². The first-order valence-corrected chi connectivity index (χ1v) is 20.1. The number of aromatic carboxylic acids is 1. The van der Waals surface area contributed by atoms with E-state index in [1.807, 2.05) is 0 Å². The van der Waals surface area contributed by atoms with Gasteiger partial charge in [-0.3, -0.25) is 14.4 Å². The molecule has 0 saturated carbocycles. The molecule has 1 fully saturated rings. The van der Waals surface area contributed by atoms with Crippen molar-refractivity contribution in [3.05, 3.63) is 139 Å². The van der Waals surface area contributed by atoms with Gasteiger partial charge in [-0.2, -0.15) is 19.6 Å². The summed E-state index contributed by atoms with van der Waals surface area (Å²) in [5.74, 6) is -1.85. The number of carboxylic acid groups (broad SMARTS) is 1. The highest BCUT2D eigenvalue weighted by atomic mass is 32.1. The molecule has 1 saturated heterocycles. The summed E-state index contributed by atoms with van der Waals surface area (Å²) in [7, 11) is 0. The van der Waals surface area contributed by atoms with Crippen LogP contribution in [0.15, 0.2) is 105 Å². The van der Waals surface area contributed by atoms with Crippen molar-refractivity contribution in [3.63, 3.8) is 0 Å². The SMILES string of the molecule is O=C(NCCCCN1CCCC1)c1ccc(-n2nc3c4cccc(F)c4scc-3c2=O)cc1.O=C(O)c1ccc(-n2nc3c4cccc(F)c4scc-3c2=O)cc1. The van der Waals surface area contributed by atoms with Gasteiger partial charge in [0.25, 0.3) is 17.0 Å². The summed E-state index contributed by atoms with van der Waals surface area (Å²) in [4.78, 5) is 51.3. The van der Waals surface area contributed by atoms with E-state index in [0.717, 1.165) is 30.7 Å². The third kappa shape index (κ3) is 7.56. The molecular formula is C42H34F2N6O5S2. The van der Waals surface area contributed by atoms with Gasteiger partial charge in [0.2, 0.25) is 0 Å². The third-order valence-corrected chi connectivity index (χ3v) is 11.9. The molecule has 15 heteroatoms. The minimum atomic E-state index is -1.04. The van der Waals surface area contributed by atoms with Crippen molar-refractivity contribution >= 4 is 54.7 Å². The van der Waals surface area contributed by atoms with E-state index in [1.165, 1.54) is 83.0 Å². The molecule has 0 radical (unpaired) electrons. The monoisotopic (exact) mass is 804 g/mol. The number of rotatable bonds is 9. The third-order valence-electron chi connectivity index (χ3n) is 9.91. The van der Waals surface area contributed by atoms with E-state index in [1.54, 1.807) is 59.3 Å². The molecule has 5 aliphatic heterocycles. The number of hydrogen-bond donors (Lipinski definition) is 2. The van der Waals surface area contributed by atoms with Crippen LogP contribution in [0.25, 0.3) is 54.1 Å². The molecule has 11 nitrogen and oxygen atoms in total. The molecule has 0 unspecified atom stereocenters. The van der Waals surface area contributed by atoms with Crippen LogP contribution in [0.1, 0.15) is 46.4 Å². The van der Waals surface area contributed by atoms with Crippen molar-refractivity contribution in [2.75, 3.05) is 26.2 Å². The molecule has 0 aromatic heterocycles. The zero-order valence-electron chi connectivity index (χ0n) is 30.3. The van der Waals surface area contributed by atoms with Gasteiger partial charge in [0.1, 0.15) is 23.0 Å². The number of aromatic nitrogens is 4. The van der Waals surface area contributed by atoms with E-state index in [0.29, 0.717) is 66.2 Å². The fraction of sp³-hybridized carbons (Fsp3) is 0.190. The molecule has 4 aromatic rings. The fourth-order valence-electron chi connectivity index (χ4n) is 6.93. The van der Waals surface area contributed by atoms with Gasteiger partial charge in [0, 0.05) is 33.6 Å². The molecule has 2 N–H and O–H groups in total. The second kappa shape index (κ2) is 16.1. The van der Waals surface area contributed by atoms with Crippen molar-refractivity contribution < 1.29 is 23.5 Å². The van der Waals surface area contributed by atoms with Gasteiger partial charge < -0.3 is 15.3 Å². The number of likely N-dealkylation sites (tertiary alicyclic amines) is 1. The van der Waals surface area contributed by atoms with Gasteiger partial charge in [-0.1, -0.05) is 24.3 Å². The molecule has 5 heterocycles. The number of fused-ring (bicyclic) bond motifs is 6. The number of halogens is 2. The summed E-state index contributed by atoms with van der Waals surface area (Å²) in [6.07, 6.45) is 4.63. The normalized spacial score (nSPS) is 13.0. The molecule has 0 spiro atoms. The fourth-order valence-corrected chi connectivity index (χ4v) is 8.77. The first-order chi connectivity index (χ1) is 27.7. The Morgan fingerprint density at radius 3 is 1.67 bits per heavy atom. The zero-order chi connectivity index (χ0) is 39.6. The lowest BCUT2D eigenvalue weighted by Gasteiger charge is -2.14. The van der Waals surface area contributed by atoms with Crippen LogP contribution in [0.2, 0.25) is 0 Å². The molecule has 0 bridgehead atoms. The average Bonchev–Trinajstić information content (AvgIpc) is 3.96. The number of amides is 1. The van der Waals surface area contributed by atoms with Crippen LogP contribution >= 0.6 is 22.7 Å². The Kier molecular flexibility index (Phi) is 10.7. The van der Waals surface area contributed by atoms with Crippen molar-refractivity contribution in [1.29, 1.82) is 0 Å². The number of hydrogen-bond acceptors (Lipinski definition) is 9. The number of nitrogens with zero attached hydrogens (tertiary/aromatic N) is 5. The van der Waals surface area contributed by atoms with E-state index in [4.69, 9.17) is 5.11 Å². The highest BCUT2D eigenvalue weighted by Gasteiger charge is 2.22. The molecule has 288 valence electrons. The minimum absolute atomic E-state index is 0.123. The van der Waals surface area contributed by atoms with E-state index in [9.17, 15) is 28.0 Å². The predicted octanol–water partition coefficient (Wildman–Crippen LogP) is 7.69. The van der Waals surface area contributed by atoms with E-state index in [2.05, 4.69) is 20.4 Å². The quantitative estimate of drug-likeness (QED) is 0.142. The second-order valence-corrected chi connectivity index (χ2v) is 15.3. The van der Waals surface area contributed by atoms with Crippen molar-refractivity contribution in [2.45, 2.75) is 25.7 Å². The number of carboxylic acids is 1. The second-order valence-electron chi connectivity index (χ2n) is 13.6. The molecule has 5 aliphatic rings. The van der Waals surface area contributed by atoms with Gasteiger partial charge in [-0.25, -0.2) is 13.6 Å². The number of nitrogens with one attached hydrogen (secondary N) is 1. The lowest BCUT2D eigenvalue weighted by Crippen LogP contribution is -2.26. The zero-order valence-corrected chi connectivity index (χ0v) is 31.9. The molecular weight excluding hydrogens is 771 g/mol. The average molecular weight is 805 g/mol. The van der Waals surface area contributed by atoms with Gasteiger partial charge in [0.15, 0.2) is 0 Å². The van der Waals surface area contributed by atoms with E-state index < -0.39 is 5.97 Å². The predicted molar refractivity (Wildman–Crippen MR) is 218 cm³/mol. The molecule has 0 atom stereocenters. The van der Waals surface area contributed by atoms with Crippen LogP contribution in [-0.2, 0) is 0 Å². The number of carbonyl (C=O) groups excluding carboxylic acids is 1. The first kappa shape index (κ1) is 37.7. The Balaban J connectivity index is 0.000000168. The largest absolute Gasteiger partial charge is 0.478 e. The first-order valence-electron chi connectivity index (χ1n) is 18.3. The van der Waals surface area contributed by atoms with Crippen LogP contribution in [-0.4, -0.2) is 67.6 Å². The maximum atomic E-state index is 14.1. The summed E-state index contributed by atoms with van der Waals surface area (Å²) in [5, 5.41) is 25.1. The molecule has 57 heavy (non-hydrogen) atoms. The number of carbonyl (C=O) groups is 2. The summed E-state index contributed by atoms with van der Waals surface area (Å²) in [6.45, 7) is 4.14. The Morgan fingerprint density at radius 1 is 0.684 bits per heavy atom. The summed E-state index contributed by atoms with van der Waals surface area (Å²) >= 11 is 2.35. The van der Waals surface area contributed by atoms with Crippen molar-refractivity contribution in [3.8, 4) is 33.9 Å². The molecule has 1 amide bonds. The maximum Gasteiger partial charge on any atom is 0.335 e. The highest BCUT2D eigenvalue weighted by molar-refractivity contribution is 7.17. The summed E-state index contributed by atoms with van der Waals surface area (Å²) < 4.78 is 31.5. The maximum absolute atomic E-state index is 14.1. The van der Waals surface area contributed by atoms with Crippen molar-refractivity contribution in [1.82, 2.24) is 29.8 Å². The van der Waals surface area contributed by atoms with Crippen molar-refractivity contribution in [2.24, 2.45) is 0 Å². The van der Waals surface area contributed by atoms with Crippen LogP contribution < -0.4 is 16.4 Å². The summed E-state index contributed by atoms with van der Waals surface area (Å²) in [6, 6.07) is 22.1. The van der Waals surface area contributed by atoms with Gasteiger partial charge in [-0.15, -0.1) is 22.7 Å². The topological polar surface area (TPSA) is 139 Å². The van der Waals surface area contributed by atoms with Crippen LogP contribution in [0, 0.1) is 11.6 Å². The van der Waals surface area contributed by atoms with Gasteiger partial charge in [-0.05, 0) is 106 Å². The summed E-state index contributed by atoms with van der Waals surface area (Å²) in [5.41, 5.74) is 2.85. The standard InChI is InChI=1S/C25H25FN4O2S.C17H9FN2O3S/c26-21-7-5-6-19-22-20(16-33-23(19)21)25(32)30(28-22)18-10-8-17(9-11-18)24(31)27-12-1-2-13-29-14-3-4-15-29;18-13-3-1-2-11-14-12(8-24-15(11)13)16(21)20(19-14)10-6-4-9(5-7-10)17(22)23/h5-11,16H,1-4,12-15H2,(H,27,31);1-8H,(H,22,23). The van der Waals surface area contributed by atoms with Crippen LogP contribution in [0.5, 0.6) is 0 Å². The smallest absolute Gasteiger partial charge is 0.335 e. The molecule has 0 aliphatic carbocycles. The number of benzene rings is 4.